The number of fused-ring (bicyclic) bond motifs is 1. The van der Waals surface area contributed by atoms with E-state index >= 15 is 0 Å². The van der Waals surface area contributed by atoms with Crippen molar-refractivity contribution in [2.24, 2.45) is 0 Å². The molecule has 0 N–H and O–H groups in total. The van der Waals surface area contributed by atoms with Gasteiger partial charge >= 0.3 is 0 Å². The van der Waals surface area contributed by atoms with E-state index in [2.05, 4.69) is 22.1 Å². The third-order valence-corrected chi connectivity index (χ3v) is 6.03. The van der Waals surface area contributed by atoms with Crippen LogP contribution in [0.15, 0.2) is 18.2 Å². The van der Waals surface area contributed by atoms with Crippen molar-refractivity contribution in [2.45, 2.75) is 18.8 Å². The molecule has 1 aliphatic rings. The minimum absolute atomic E-state index is 0.408. The molecule has 3 heterocycles. The number of benzene rings is 1. The summed E-state index contributed by atoms with van der Waals surface area (Å²) in [5, 5.41) is 15.2. The van der Waals surface area contributed by atoms with Crippen LogP contribution in [0.1, 0.15) is 24.6 Å². The van der Waals surface area contributed by atoms with Crippen molar-refractivity contribution in [2.75, 3.05) is 20.1 Å². The minimum Gasteiger partial charge on any atom is -0.306 e. The maximum absolute atomic E-state index is 6.31. The van der Waals surface area contributed by atoms with Crippen molar-refractivity contribution in [3.05, 3.63) is 34.1 Å². The minimum atomic E-state index is 0.408. The number of rotatable bonds is 2. The highest BCUT2D eigenvalue weighted by Crippen LogP contribution is 2.36. The summed E-state index contributed by atoms with van der Waals surface area (Å²) < 4.78 is 1.87. The summed E-state index contributed by atoms with van der Waals surface area (Å²) in [7, 11) is 2.15. The fourth-order valence-electron chi connectivity index (χ4n) is 2.93. The Hall–Kier alpha value is -1.21. The van der Waals surface area contributed by atoms with E-state index in [0.29, 0.717) is 16.0 Å². The van der Waals surface area contributed by atoms with Gasteiger partial charge in [0.05, 0.1) is 10.0 Å². The molecule has 0 spiro atoms. The number of aromatic nitrogens is 4. The third-order valence-electron chi connectivity index (χ3n) is 4.28. The zero-order chi connectivity index (χ0) is 16.0. The lowest BCUT2D eigenvalue weighted by molar-refractivity contribution is 0.250. The number of likely N-dealkylation sites (tertiary alicyclic amines) is 1. The lowest BCUT2D eigenvalue weighted by Gasteiger charge is -2.27. The van der Waals surface area contributed by atoms with Gasteiger partial charge in [-0.05, 0) is 39.0 Å². The molecule has 0 unspecified atom stereocenters. The number of halogens is 2. The Bertz CT molecular complexity index is 851. The number of hydrogen-bond acceptors (Lipinski definition) is 5. The Labute approximate surface area is 147 Å². The van der Waals surface area contributed by atoms with Gasteiger partial charge in [-0.25, -0.2) is 0 Å². The number of nitrogens with zero attached hydrogens (tertiary/aromatic N) is 5. The number of piperidine rings is 1. The zero-order valence-electron chi connectivity index (χ0n) is 12.5. The third kappa shape index (κ3) is 2.74. The summed E-state index contributed by atoms with van der Waals surface area (Å²) in [5.41, 5.74) is 0.837. The SMILES string of the molecule is CN1CCC(c2nnc3sc(-c4cccc(Cl)c4Cl)nn23)CC1. The fourth-order valence-corrected chi connectivity index (χ4v) is 4.26. The molecule has 0 aliphatic carbocycles. The van der Waals surface area contributed by atoms with Crippen LogP contribution in [0.25, 0.3) is 15.5 Å². The number of hydrogen-bond donors (Lipinski definition) is 0. The molecule has 0 atom stereocenters. The molecule has 0 bridgehead atoms. The Kier molecular flexibility index (Phi) is 4.01. The van der Waals surface area contributed by atoms with Crippen LogP contribution in [0.4, 0.5) is 0 Å². The van der Waals surface area contributed by atoms with Crippen LogP contribution >= 0.6 is 34.5 Å². The summed E-state index contributed by atoms with van der Waals surface area (Å²) in [4.78, 5) is 3.14. The molecule has 1 saturated heterocycles. The highest BCUT2D eigenvalue weighted by Gasteiger charge is 2.25. The summed E-state index contributed by atoms with van der Waals surface area (Å²) in [6.45, 7) is 2.16. The average molecular weight is 368 g/mol. The van der Waals surface area contributed by atoms with E-state index in [4.69, 9.17) is 28.3 Å². The smallest absolute Gasteiger partial charge is 0.234 e. The van der Waals surface area contributed by atoms with Gasteiger partial charge in [0.15, 0.2) is 5.82 Å². The van der Waals surface area contributed by atoms with Crippen LogP contribution in [0.2, 0.25) is 10.0 Å². The van der Waals surface area contributed by atoms with Crippen molar-refractivity contribution in [1.82, 2.24) is 24.7 Å². The van der Waals surface area contributed by atoms with Crippen LogP contribution in [0.3, 0.4) is 0 Å². The van der Waals surface area contributed by atoms with Crippen molar-refractivity contribution in [1.29, 1.82) is 0 Å². The van der Waals surface area contributed by atoms with E-state index in [-0.39, 0.29) is 0 Å². The fraction of sp³-hybridized carbons (Fsp3) is 0.400. The van der Waals surface area contributed by atoms with Crippen LogP contribution in [-0.4, -0.2) is 44.8 Å². The maximum atomic E-state index is 6.31. The molecule has 2 aromatic heterocycles. The van der Waals surface area contributed by atoms with E-state index in [1.165, 1.54) is 11.3 Å². The van der Waals surface area contributed by atoms with Gasteiger partial charge in [0.2, 0.25) is 4.96 Å². The van der Waals surface area contributed by atoms with Gasteiger partial charge in [0.25, 0.3) is 0 Å². The zero-order valence-corrected chi connectivity index (χ0v) is 14.9. The molecule has 120 valence electrons. The molecule has 1 aromatic carbocycles. The highest BCUT2D eigenvalue weighted by molar-refractivity contribution is 7.19. The topological polar surface area (TPSA) is 46.3 Å². The van der Waals surface area contributed by atoms with Gasteiger partial charge in [-0.3, -0.25) is 0 Å². The van der Waals surface area contributed by atoms with Gasteiger partial charge in [0, 0.05) is 11.5 Å². The second kappa shape index (κ2) is 6.02. The largest absolute Gasteiger partial charge is 0.306 e. The van der Waals surface area contributed by atoms with Crippen LogP contribution in [-0.2, 0) is 0 Å². The standard InChI is InChI=1S/C15H15Cl2N5S/c1-21-7-5-9(6-8-21)13-18-19-15-22(13)20-14(23-15)10-3-2-4-11(16)12(10)17/h2-4,9H,5-8H2,1H3. The van der Waals surface area contributed by atoms with Gasteiger partial charge in [-0.1, -0.05) is 46.7 Å². The molecule has 5 nitrogen and oxygen atoms in total. The second-order valence-corrected chi connectivity index (χ2v) is 7.58. The molecule has 0 radical (unpaired) electrons. The van der Waals surface area contributed by atoms with Crippen LogP contribution < -0.4 is 0 Å². The molecule has 4 rings (SSSR count). The molecule has 8 heteroatoms. The normalized spacial score (nSPS) is 17.2. The van der Waals surface area contributed by atoms with Crippen molar-refractivity contribution >= 4 is 39.5 Å². The van der Waals surface area contributed by atoms with Gasteiger partial charge in [-0.2, -0.15) is 9.61 Å². The summed E-state index contributed by atoms with van der Waals surface area (Å²) in [6, 6.07) is 5.58. The lowest BCUT2D eigenvalue weighted by Crippen LogP contribution is -2.30. The highest BCUT2D eigenvalue weighted by atomic mass is 35.5. The first-order valence-corrected chi connectivity index (χ1v) is 9.06. The molecule has 23 heavy (non-hydrogen) atoms. The maximum Gasteiger partial charge on any atom is 0.234 e. The van der Waals surface area contributed by atoms with Gasteiger partial charge in [0.1, 0.15) is 5.01 Å². The summed E-state index contributed by atoms with van der Waals surface area (Å²) in [5.74, 6) is 1.36. The van der Waals surface area contributed by atoms with Crippen molar-refractivity contribution < 1.29 is 0 Å². The van der Waals surface area contributed by atoms with E-state index in [1.54, 1.807) is 6.07 Å². The van der Waals surface area contributed by atoms with E-state index < -0.39 is 0 Å². The first-order valence-electron chi connectivity index (χ1n) is 7.48. The summed E-state index contributed by atoms with van der Waals surface area (Å²) >= 11 is 13.9. The Morgan fingerprint density at radius 3 is 2.74 bits per heavy atom. The molecular formula is C15H15Cl2N5S. The van der Waals surface area contributed by atoms with Crippen LogP contribution in [0.5, 0.6) is 0 Å². The lowest BCUT2D eigenvalue weighted by atomic mass is 9.96. The second-order valence-electron chi connectivity index (χ2n) is 5.84. The Morgan fingerprint density at radius 2 is 1.96 bits per heavy atom. The molecule has 0 amide bonds. The molecule has 1 fully saturated rings. The Morgan fingerprint density at radius 1 is 1.17 bits per heavy atom. The summed E-state index contributed by atoms with van der Waals surface area (Å²) in [6.07, 6.45) is 2.17. The molecule has 0 saturated carbocycles. The average Bonchev–Trinajstić information content (AvgIpc) is 3.11. The van der Waals surface area contributed by atoms with Crippen molar-refractivity contribution in [3.8, 4) is 10.6 Å². The van der Waals surface area contributed by atoms with Crippen molar-refractivity contribution in [3.63, 3.8) is 0 Å². The molecule has 1 aliphatic heterocycles. The van der Waals surface area contributed by atoms with Gasteiger partial charge in [-0.15, -0.1) is 10.2 Å². The van der Waals surface area contributed by atoms with E-state index in [1.807, 2.05) is 16.6 Å². The molecular weight excluding hydrogens is 353 g/mol. The predicted octanol–water partition coefficient (Wildman–Crippen LogP) is 3.97. The monoisotopic (exact) mass is 367 g/mol. The molecule has 3 aromatic rings. The first kappa shape index (κ1) is 15.3. The predicted molar refractivity (Wildman–Crippen MR) is 93.6 cm³/mol. The van der Waals surface area contributed by atoms with Crippen LogP contribution in [0, 0.1) is 0 Å². The Balaban J connectivity index is 1.73. The van der Waals surface area contributed by atoms with E-state index in [0.717, 1.165) is 47.3 Å². The quantitative estimate of drug-likeness (QED) is 0.687. The first-order chi connectivity index (χ1) is 11.1. The van der Waals surface area contributed by atoms with E-state index in [9.17, 15) is 0 Å². The van der Waals surface area contributed by atoms with Gasteiger partial charge < -0.3 is 4.90 Å².